The van der Waals surface area contributed by atoms with Gasteiger partial charge in [0.15, 0.2) is 5.88 Å². The van der Waals surface area contributed by atoms with Gasteiger partial charge in [-0.05, 0) is 18.6 Å². The first kappa shape index (κ1) is 8.64. The number of nitrogens with one attached hydrogen (secondary N) is 1. The largest absolute Gasteiger partial charge is 0.481 e. The minimum Gasteiger partial charge on any atom is -0.481 e. The highest BCUT2D eigenvalue weighted by Gasteiger charge is 1.97. The Kier molecular flexibility index (Phi) is 3.19. The lowest BCUT2D eigenvalue weighted by atomic mass is 10.3. The molecule has 0 saturated heterocycles. The van der Waals surface area contributed by atoms with Crippen LogP contribution in [0, 0.1) is 0 Å². The van der Waals surface area contributed by atoms with Crippen molar-refractivity contribution < 1.29 is 14.6 Å². The second-order valence-electron chi connectivity index (χ2n) is 2.38. The summed E-state index contributed by atoms with van der Waals surface area (Å²) in [7, 11) is 0. The Bertz CT molecular complexity index is 230. The molecule has 0 fully saturated rings. The standard InChI is InChI=1S/C8H11NO3/c10-8(11)4-2-6-12-7-3-1-5-9-7/h1,3,5,9H,2,4,6H2,(H,10,11). The molecule has 0 aliphatic rings. The molecular weight excluding hydrogens is 158 g/mol. The number of aromatic nitrogens is 1. The third-order valence-electron chi connectivity index (χ3n) is 1.36. The molecule has 0 aliphatic heterocycles. The van der Waals surface area contributed by atoms with Crippen LogP contribution in [-0.4, -0.2) is 22.7 Å². The van der Waals surface area contributed by atoms with E-state index in [-0.39, 0.29) is 6.42 Å². The Morgan fingerprint density at radius 1 is 1.67 bits per heavy atom. The zero-order valence-electron chi connectivity index (χ0n) is 6.62. The normalized spacial score (nSPS) is 9.67. The maximum atomic E-state index is 10.1. The van der Waals surface area contributed by atoms with Crippen LogP contribution in [0.15, 0.2) is 18.3 Å². The molecule has 0 unspecified atom stereocenters. The van der Waals surface area contributed by atoms with Gasteiger partial charge < -0.3 is 14.8 Å². The Morgan fingerprint density at radius 3 is 3.08 bits per heavy atom. The van der Waals surface area contributed by atoms with Gasteiger partial charge in [-0.15, -0.1) is 0 Å². The molecule has 1 heterocycles. The van der Waals surface area contributed by atoms with E-state index in [0.29, 0.717) is 18.9 Å². The number of carbonyl (C=O) groups is 1. The Balaban J connectivity index is 2.07. The maximum Gasteiger partial charge on any atom is 0.303 e. The van der Waals surface area contributed by atoms with Crippen LogP contribution in [0.3, 0.4) is 0 Å². The minimum absolute atomic E-state index is 0.153. The van der Waals surface area contributed by atoms with E-state index in [4.69, 9.17) is 9.84 Å². The third kappa shape index (κ3) is 3.09. The number of rotatable bonds is 5. The summed E-state index contributed by atoms with van der Waals surface area (Å²) < 4.78 is 5.18. The number of hydrogen-bond donors (Lipinski definition) is 2. The quantitative estimate of drug-likeness (QED) is 0.652. The van der Waals surface area contributed by atoms with E-state index in [0.717, 1.165) is 0 Å². The summed E-state index contributed by atoms with van der Waals surface area (Å²) in [5, 5.41) is 8.31. The number of carboxylic acids is 1. The van der Waals surface area contributed by atoms with Gasteiger partial charge in [-0.3, -0.25) is 4.79 Å². The second-order valence-corrected chi connectivity index (χ2v) is 2.38. The van der Waals surface area contributed by atoms with Crippen LogP contribution >= 0.6 is 0 Å². The lowest BCUT2D eigenvalue weighted by Gasteiger charge is -2.00. The fourth-order valence-corrected chi connectivity index (χ4v) is 0.809. The number of H-pyrrole nitrogens is 1. The van der Waals surface area contributed by atoms with Gasteiger partial charge in [0.2, 0.25) is 0 Å². The van der Waals surface area contributed by atoms with Crippen molar-refractivity contribution in [3.05, 3.63) is 18.3 Å². The summed E-state index contributed by atoms with van der Waals surface area (Å²) in [5.74, 6) is -0.106. The number of aromatic amines is 1. The topological polar surface area (TPSA) is 62.3 Å². The summed E-state index contributed by atoms with van der Waals surface area (Å²) in [6, 6.07) is 3.62. The molecule has 4 heteroatoms. The lowest BCUT2D eigenvalue weighted by Crippen LogP contribution is -2.01. The molecule has 1 aromatic rings. The molecule has 0 amide bonds. The van der Waals surface area contributed by atoms with Crippen molar-refractivity contribution in [1.29, 1.82) is 0 Å². The van der Waals surface area contributed by atoms with E-state index in [2.05, 4.69) is 4.98 Å². The SMILES string of the molecule is O=C(O)CCCOc1ccc[nH]1. The summed E-state index contributed by atoms with van der Waals surface area (Å²) in [6.45, 7) is 0.437. The second kappa shape index (κ2) is 4.43. The van der Waals surface area contributed by atoms with Crippen molar-refractivity contribution >= 4 is 5.97 Å². The molecule has 0 atom stereocenters. The van der Waals surface area contributed by atoms with Gasteiger partial charge in [-0.2, -0.15) is 0 Å². The molecular formula is C8H11NO3. The molecule has 12 heavy (non-hydrogen) atoms. The lowest BCUT2D eigenvalue weighted by molar-refractivity contribution is -0.137. The van der Waals surface area contributed by atoms with Crippen molar-refractivity contribution in [2.24, 2.45) is 0 Å². The molecule has 1 aromatic heterocycles. The minimum atomic E-state index is -0.787. The highest BCUT2D eigenvalue weighted by molar-refractivity contribution is 5.66. The van der Waals surface area contributed by atoms with Gasteiger partial charge >= 0.3 is 5.97 Å². The number of carboxylic acid groups (broad SMARTS) is 1. The predicted molar refractivity (Wildman–Crippen MR) is 43.2 cm³/mol. The average molecular weight is 169 g/mol. The van der Waals surface area contributed by atoms with Crippen LogP contribution in [0.4, 0.5) is 0 Å². The molecule has 0 aliphatic carbocycles. The van der Waals surface area contributed by atoms with E-state index in [1.54, 1.807) is 12.3 Å². The van der Waals surface area contributed by atoms with E-state index >= 15 is 0 Å². The smallest absolute Gasteiger partial charge is 0.303 e. The van der Waals surface area contributed by atoms with Gasteiger partial charge in [-0.25, -0.2) is 0 Å². The van der Waals surface area contributed by atoms with Crippen molar-refractivity contribution in [3.8, 4) is 5.88 Å². The number of ether oxygens (including phenoxy) is 1. The molecule has 1 rings (SSSR count). The predicted octanol–water partition coefficient (Wildman–Crippen LogP) is 1.26. The molecule has 66 valence electrons. The first-order chi connectivity index (χ1) is 5.79. The van der Waals surface area contributed by atoms with Gasteiger partial charge in [0.05, 0.1) is 6.61 Å². The van der Waals surface area contributed by atoms with Crippen molar-refractivity contribution in [3.63, 3.8) is 0 Å². The van der Waals surface area contributed by atoms with E-state index in [1.807, 2.05) is 6.07 Å². The van der Waals surface area contributed by atoms with Crippen LogP contribution < -0.4 is 4.74 Å². The fraction of sp³-hybridized carbons (Fsp3) is 0.375. The summed E-state index contributed by atoms with van der Waals surface area (Å²) in [4.78, 5) is 13.0. The van der Waals surface area contributed by atoms with Gasteiger partial charge in [-0.1, -0.05) is 0 Å². The first-order valence-corrected chi connectivity index (χ1v) is 3.77. The van der Waals surface area contributed by atoms with Crippen molar-refractivity contribution in [1.82, 2.24) is 4.98 Å². The van der Waals surface area contributed by atoms with Gasteiger partial charge in [0.1, 0.15) is 0 Å². The molecule has 0 saturated carbocycles. The third-order valence-corrected chi connectivity index (χ3v) is 1.36. The molecule has 0 spiro atoms. The monoisotopic (exact) mass is 169 g/mol. The molecule has 0 aromatic carbocycles. The van der Waals surface area contributed by atoms with Crippen LogP contribution in [0.25, 0.3) is 0 Å². The van der Waals surface area contributed by atoms with Crippen molar-refractivity contribution in [2.45, 2.75) is 12.8 Å². The Hall–Kier alpha value is -1.45. The average Bonchev–Trinajstić information content (AvgIpc) is 2.49. The van der Waals surface area contributed by atoms with Crippen LogP contribution in [0.2, 0.25) is 0 Å². The zero-order valence-corrected chi connectivity index (χ0v) is 6.62. The highest BCUT2D eigenvalue weighted by atomic mass is 16.5. The number of aliphatic carboxylic acids is 1. The molecule has 2 N–H and O–H groups in total. The maximum absolute atomic E-state index is 10.1. The Morgan fingerprint density at radius 2 is 2.50 bits per heavy atom. The summed E-state index contributed by atoms with van der Waals surface area (Å²) in [5.41, 5.74) is 0. The van der Waals surface area contributed by atoms with E-state index in [1.165, 1.54) is 0 Å². The number of hydrogen-bond acceptors (Lipinski definition) is 2. The molecule has 4 nitrogen and oxygen atoms in total. The van der Waals surface area contributed by atoms with Crippen LogP contribution in [-0.2, 0) is 4.79 Å². The Labute approximate surface area is 70.2 Å². The molecule has 0 bridgehead atoms. The van der Waals surface area contributed by atoms with E-state index < -0.39 is 5.97 Å². The van der Waals surface area contributed by atoms with Crippen molar-refractivity contribution in [2.75, 3.05) is 6.61 Å². The highest BCUT2D eigenvalue weighted by Crippen LogP contribution is 2.04. The summed E-state index contributed by atoms with van der Waals surface area (Å²) >= 11 is 0. The van der Waals surface area contributed by atoms with Gasteiger partial charge in [0, 0.05) is 12.6 Å². The fourth-order valence-electron chi connectivity index (χ4n) is 0.809. The first-order valence-electron chi connectivity index (χ1n) is 3.77. The molecule has 0 radical (unpaired) electrons. The summed E-state index contributed by atoms with van der Waals surface area (Å²) in [6.07, 6.45) is 2.45. The van der Waals surface area contributed by atoms with Crippen LogP contribution in [0.5, 0.6) is 5.88 Å². The van der Waals surface area contributed by atoms with E-state index in [9.17, 15) is 4.79 Å². The van der Waals surface area contributed by atoms with Crippen LogP contribution in [0.1, 0.15) is 12.8 Å². The van der Waals surface area contributed by atoms with Gasteiger partial charge in [0.25, 0.3) is 0 Å². The zero-order chi connectivity index (χ0) is 8.81.